The number of aliphatic hydroxyl groups excluding tert-OH is 1. The normalized spacial score (nSPS) is 20.5. The minimum absolute atomic E-state index is 0.131. The lowest BCUT2D eigenvalue weighted by molar-refractivity contribution is -0.0461. The zero-order chi connectivity index (χ0) is 16.1. The van der Waals surface area contributed by atoms with Crippen LogP contribution >= 0.6 is 0 Å². The molecular formula is C17H24N4O2. The Balaban J connectivity index is 1.59. The summed E-state index contributed by atoms with van der Waals surface area (Å²) in [6, 6.07) is 9.76. The van der Waals surface area contributed by atoms with Crippen LogP contribution in [0.5, 0.6) is 0 Å². The maximum absolute atomic E-state index is 10.4. The van der Waals surface area contributed by atoms with Gasteiger partial charge in [0.2, 0.25) is 0 Å². The smallest absolute Gasteiger partial charge is 0.180 e. The molecule has 23 heavy (non-hydrogen) atoms. The van der Waals surface area contributed by atoms with Gasteiger partial charge in [-0.15, -0.1) is 0 Å². The summed E-state index contributed by atoms with van der Waals surface area (Å²) in [5, 5.41) is 17.6. The maximum Gasteiger partial charge on any atom is 0.180 e. The zero-order valence-electron chi connectivity index (χ0n) is 13.5. The van der Waals surface area contributed by atoms with E-state index in [9.17, 15) is 5.11 Å². The molecule has 0 saturated carbocycles. The lowest BCUT2D eigenvalue weighted by Crippen LogP contribution is -2.40. The third kappa shape index (κ3) is 4.16. The summed E-state index contributed by atoms with van der Waals surface area (Å²) >= 11 is 0. The summed E-state index contributed by atoms with van der Waals surface area (Å²) < 4.78 is 5.80. The molecule has 1 fully saturated rings. The number of hydrogen-bond acceptors (Lipinski definition) is 5. The number of rotatable bonds is 6. The molecule has 124 valence electrons. The molecule has 2 heterocycles. The predicted molar refractivity (Wildman–Crippen MR) is 86.9 cm³/mol. The van der Waals surface area contributed by atoms with E-state index in [1.54, 1.807) is 0 Å². The van der Waals surface area contributed by atoms with Crippen LogP contribution in [0.1, 0.15) is 42.8 Å². The van der Waals surface area contributed by atoms with Crippen LogP contribution in [0.2, 0.25) is 0 Å². The Bertz CT molecular complexity index is 602. The monoisotopic (exact) mass is 316 g/mol. The molecule has 2 atom stereocenters. The third-order valence-electron chi connectivity index (χ3n) is 4.09. The number of morpholine rings is 1. The quantitative estimate of drug-likeness (QED) is 0.851. The number of benzene rings is 1. The second-order valence-electron chi connectivity index (χ2n) is 5.94. The van der Waals surface area contributed by atoms with E-state index in [1.807, 2.05) is 30.3 Å². The minimum atomic E-state index is -0.488. The molecule has 0 spiro atoms. The number of aryl methyl sites for hydroxylation is 1. The Labute approximate surface area is 136 Å². The first-order valence-corrected chi connectivity index (χ1v) is 8.24. The van der Waals surface area contributed by atoms with Gasteiger partial charge in [-0.05, 0) is 12.0 Å². The van der Waals surface area contributed by atoms with Crippen LogP contribution in [0.3, 0.4) is 0 Å². The highest BCUT2D eigenvalue weighted by Crippen LogP contribution is 2.22. The lowest BCUT2D eigenvalue weighted by Gasteiger charge is -2.32. The summed E-state index contributed by atoms with van der Waals surface area (Å²) in [4.78, 5) is 6.72. The van der Waals surface area contributed by atoms with Crippen molar-refractivity contribution in [2.45, 2.75) is 32.0 Å². The van der Waals surface area contributed by atoms with E-state index in [2.05, 4.69) is 27.0 Å². The van der Waals surface area contributed by atoms with Crippen molar-refractivity contribution in [1.82, 2.24) is 20.1 Å². The molecule has 0 aliphatic carbocycles. The van der Waals surface area contributed by atoms with Crippen molar-refractivity contribution in [2.75, 3.05) is 26.2 Å². The van der Waals surface area contributed by atoms with Gasteiger partial charge in [-0.25, -0.2) is 4.98 Å². The summed E-state index contributed by atoms with van der Waals surface area (Å²) in [6.07, 6.45) is 1.32. The number of H-pyrrole nitrogens is 1. The molecule has 1 aromatic heterocycles. The maximum atomic E-state index is 10.4. The standard InChI is InChI=1S/C17H24N4O2/c1-2-6-16-18-17(20-19-16)15-12-21(9-10-23-15)11-14(22)13-7-4-3-5-8-13/h3-5,7-8,14-15,22H,2,6,9-12H2,1H3,(H,18,19,20)/t14-,15-/m1/s1. The van der Waals surface area contributed by atoms with Gasteiger partial charge in [-0.1, -0.05) is 37.3 Å². The van der Waals surface area contributed by atoms with Gasteiger partial charge in [0.05, 0.1) is 12.7 Å². The number of nitrogens with one attached hydrogen (secondary N) is 1. The molecule has 2 aromatic rings. The van der Waals surface area contributed by atoms with Crippen molar-refractivity contribution in [3.63, 3.8) is 0 Å². The van der Waals surface area contributed by atoms with Crippen LogP contribution < -0.4 is 0 Å². The lowest BCUT2D eigenvalue weighted by atomic mass is 10.1. The topological polar surface area (TPSA) is 74.3 Å². The first-order chi connectivity index (χ1) is 11.3. The van der Waals surface area contributed by atoms with E-state index in [1.165, 1.54) is 0 Å². The van der Waals surface area contributed by atoms with Crippen LogP contribution in [0, 0.1) is 0 Å². The Morgan fingerprint density at radius 1 is 1.39 bits per heavy atom. The van der Waals surface area contributed by atoms with Crippen molar-refractivity contribution in [3.8, 4) is 0 Å². The first kappa shape index (κ1) is 16.1. The average molecular weight is 316 g/mol. The SMILES string of the molecule is CCCc1nc([C@H]2CN(C[C@@H](O)c3ccccc3)CCO2)n[nH]1. The molecule has 6 nitrogen and oxygen atoms in total. The van der Waals surface area contributed by atoms with E-state index in [4.69, 9.17) is 4.74 Å². The van der Waals surface area contributed by atoms with Crippen molar-refractivity contribution >= 4 is 0 Å². The molecule has 2 N–H and O–H groups in total. The fourth-order valence-corrected chi connectivity index (χ4v) is 2.85. The molecule has 1 aromatic carbocycles. The summed E-state index contributed by atoms with van der Waals surface area (Å²) in [7, 11) is 0. The Kier molecular flexibility index (Phi) is 5.38. The van der Waals surface area contributed by atoms with E-state index in [-0.39, 0.29) is 6.10 Å². The minimum Gasteiger partial charge on any atom is -0.387 e. The molecule has 0 bridgehead atoms. The van der Waals surface area contributed by atoms with Crippen LogP contribution in [0.4, 0.5) is 0 Å². The molecule has 0 radical (unpaired) electrons. The van der Waals surface area contributed by atoms with Crippen molar-refractivity contribution < 1.29 is 9.84 Å². The van der Waals surface area contributed by atoms with Crippen LogP contribution in [0.15, 0.2) is 30.3 Å². The average Bonchev–Trinajstić information content (AvgIpc) is 3.05. The highest BCUT2D eigenvalue weighted by molar-refractivity contribution is 5.17. The largest absolute Gasteiger partial charge is 0.387 e. The second-order valence-corrected chi connectivity index (χ2v) is 5.94. The fourth-order valence-electron chi connectivity index (χ4n) is 2.85. The van der Waals surface area contributed by atoms with E-state index in [0.29, 0.717) is 25.5 Å². The van der Waals surface area contributed by atoms with Crippen LogP contribution in [-0.4, -0.2) is 51.4 Å². The van der Waals surface area contributed by atoms with Crippen molar-refractivity contribution in [2.24, 2.45) is 0 Å². The Hall–Kier alpha value is -1.76. The van der Waals surface area contributed by atoms with Gasteiger partial charge < -0.3 is 9.84 Å². The molecule has 6 heteroatoms. The summed E-state index contributed by atoms with van der Waals surface area (Å²) in [6.45, 7) is 4.85. The molecule has 0 amide bonds. The number of hydrogen-bond donors (Lipinski definition) is 2. The van der Waals surface area contributed by atoms with Gasteiger partial charge in [0.25, 0.3) is 0 Å². The number of ether oxygens (including phenoxy) is 1. The molecule has 1 aliphatic heterocycles. The molecule has 1 saturated heterocycles. The van der Waals surface area contributed by atoms with Gasteiger partial charge in [0.15, 0.2) is 5.82 Å². The Morgan fingerprint density at radius 2 is 2.22 bits per heavy atom. The van der Waals surface area contributed by atoms with Crippen molar-refractivity contribution in [1.29, 1.82) is 0 Å². The molecule has 1 aliphatic rings. The van der Waals surface area contributed by atoms with Crippen molar-refractivity contribution in [3.05, 3.63) is 47.5 Å². The summed E-state index contributed by atoms with van der Waals surface area (Å²) in [5.41, 5.74) is 0.943. The van der Waals surface area contributed by atoms with E-state index >= 15 is 0 Å². The predicted octanol–water partition coefficient (Wildman–Crippen LogP) is 1.86. The summed E-state index contributed by atoms with van der Waals surface area (Å²) in [5.74, 6) is 1.62. The van der Waals surface area contributed by atoms with Crippen LogP contribution in [-0.2, 0) is 11.2 Å². The zero-order valence-corrected chi connectivity index (χ0v) is 13.5. The highest BCUT2D eigenvalue weighted by atomic mass is 16.5. The van der Waals surface area contributed by atoms with Gasteiger partial charge in [-0.2, -0.15) is 5.10 Å². The second kappa shape index (κ2) is 7.68. The first-order valence-electron chi connectivity index (χ1n) is 8.24. The number of aromatic nitrogens is 3. The van der Waals surface area contributed by atoms with E-state index in [0.717, 1.165) is 30.8 Å². The highest BCUT2D eigenvalue weighted by Gasteiger charge is 2.26. The molecule has 3 rings (SSSR count). The van der Waals surface area contributed by atoms with Crippen LogP contribution in [0.25, 0.3) is 0 Å². The van der Waals surface area contributed by atoms with Gasteiger partial charge >= 0.3 is 0 Å². The molecule has 0 unspecified atom stereocenters. The van der Waals surface area contributed by atoms with Gasteiger partial charge in [0.1, 0.15) is 11.9 Å². The van der Waals surface area contributed by atoms with E-state index < -0.39 is 6.10 Å². The number of aliphatic hydroxyl groups is 1. The fraction of sp³-hybridized carbons (Fsp3) is 0.529. The molecular weight excluding hydrogens is 292 g/mol. The Morgan fingerprint density at radius 3 is 3.00 bits per heavy atom. The van der Waals surface area contributed by atoms with Gasteiger partial charge in [-0.3, -0.25) is 10.00 Å². The third-order valence-corrected chi connectivity index (χ3v) is 4.09. The van der Waals surface area contributed by atoms with Gasteiger partial charge in [0, 0.05) is 26.1 Å². The number of aromatic amines is 1. The number of β-amino-alcohol motifs (C(OH)–C–C–N with tert-alkyl or cyclic N) is 1. The number of nitrogens with zero attached hydrogens (tertiary/aromatic N) is 3.